The van der Waals surface area contributed by atoms with Gasteiger partial charge in [-0.05, 0) is 24.3 Å². The molecule has 0 aliphatic carbocycles. The molecule has 2 aromatic rings. The number of benzene rings is 1. The molecule has 6 heteroatoms. The van der Waals surface area contributed by atoms with E-state index < -0.39 is 6.10 Å². The molecule has 3 N–H and O–H groups in total. The lowest BCUT2D eigenvalue weighted by atomic mass is 10.2. The van der Waals surface area contributed by atoms with Crippen molar-refractivity contribution in [2.45, 2.75) is 6.10 Å². The Labute approximate surface area is 110 Å². The van der Waals surface area contributed by atoms with Crippen molar-refractivity contribution < 1.29 is 10.2 Å². The van der Waals surface area contributed by atoms with Crippen molar-refractivity contribution >= 4 is 17.3 Å². The number of halogens is 1. The Morgan fingerprint density at radius 2 is 2.06 bits per heavy atom. The lowest BCUT2D eigenvalue weighted by molar-refractivity contribution is 0.105. The van der Waals surface area contributed by atoms with Gasteiger partial charge in [0.25, 0.3) is 0 Å². The molecule has 18 heavy (non-hydrogen) atoms. The predicted molar refractivity (Wildman–Crippen MR) is 70.2 cm³/mol. The number of nitrogens with one attached hydrogen (secondary N) is 1. The average Bonchev–Trinajstić information content (AvgIpc) is 2.83. The SMILES string of the molecule is OCC(O)CNc1ccc(-n2cc(Cl)cn2)cc1. The molecule has 0 saturated carbocycles. The third kappa shape index (κ3) is 3.22. The first-order valence-electron chi connectivity index (χ1n) is 5.52. The molecular formula is C12H14ClN3O2. The van der Waals surface area contributed by atoms with Crippen LogP contribution in [0.1, 0.15) is 0 Å². The fourth-order valence-electron chi connectivity index (χ4n) is 1.47. The zero-order chi connectivity index (χ0) is 13.0. The van der Waals surface area contributed by atoms with Gasteiger partial charge < -0.3 is 15.5 Å². The van der Waals surface area contributed by atoms with Crippen molar-refractivity contribution in [3.63, 3.8) is 0 Å². The Bertz CT molecular complexity index is 498. The van der Waals surface area contributed by atoms with Gasteiger partial charge in [-0.15, -0.1) is 0 Å². The third-order valence-electron chi connectivity index (χ3n) is 2.44. The largest absolute Gasteiger partial charge is 0.394 e. The van der Waals surface area contributed by atoms with E-state index in [-0.39, 0.29) is 6.61 Å². The normalized spacial score (nSPS) is 12.4. The molecule has 0 aliphatic rings. The Kier molecular flexibility index (Phi) is 4.19. The molecule has 1 unspecified atom stereocenters. The quantitative estimate of drug-likeness (QED) is 0.764. The van der Waals surface area contributed by atoms with Gasteiger partial charge in [-0.1, -0.05) is 11.6 Å². The summed E-state index contributed by atoms with van der Waals surface area (Å²) < 4.78 is 1.68. The summed E-state index contributed by atoms with van der Waals surface area (Å²) in [6.07, 6.45) is 2.54. The van der Waals surface area contributed by atoms with E-state index in [1.54, 1.807) is 17.1 Å². The van der Waals surface area contributed by atoms with Crippen molar-refractivity contribution in [1.29, 1.82) is 0 Å². The van der Waals surface area contributed by atoms with Crippen LogP contribution in [0.2, 0.25) is 5.02 Å². The predicted octanol–water partition coefficient (Wildman–Crippen LogP) is 1.29. The number of anilines is 1. The summed E-state index contributed by atoms with van der Waals surface area (Å²) in [7, 11) is 0. The summed E-state index contributed by atoms with van der Waals surface area (Å²) in [6, 6.07) is 7.51. The Hall–Kier alpha value is -1.56. The highest BCUT2D eigenvalue weighted by atomic mass is 35.5. The van der Waals surface area contributed by atoms with Crippen LogP contribution in [-0.2, 0) is 0 Å². The second-order valence-electron chi connectivity index (χ2n) is 3.87. The molecular weight excluding hydrogens is 254 g/mol. The van der Waals surface area contributed by atoms with Crippen molar-refractivity contribution in [2.24, 2.45) is 0 Å². The van der Waals surface area contributed by atoms with E-state index in [0.717, 1.165) is 11.4 Å². The van der Waals surface area contributed by atoms with Crippen LogP contribution in [0.25, 0.3) is 5.69 Å². The summed E-state index contributed by atoms with van der Waals surface area (Å²) in [5.41, 5.74) is 1.76. The standard InChI is InChI=1S/C12H14ClN3O2/c13-9-5-15-16(7-9)11-3-1-10(2-4-11)14-6-12(18)8-17/h1-5,7,12,14,17-18H,6,8H2. The summed E-state index contributed by atoms with van der Waals surface area (Å²) in [5.74, 6) is 0. The van der Waals surface area contributed by atoms with Crippen LogP contribution in [0.5, 0.6) is 0 Å². The molecule has 0 amide bonds. The molecule has 1 atom stereocenters. The van der Waals surface area contributed by atoms with E-state index in [4.69, 9.17) is 16.7 Å². The molecule has 1 aromatic heterocycles. The zero-order valence-electron chi connectivity index (χ0n) is 9.62. The van der Waals surface area contributed by atoms with Crippen LogP contribution in [0.15, 0.2) is 36.7 Å². The lowest BCUT2D eigenvalue weighted by Gasteiger charge is -2.10. The first kappa shape index (κ1) is 12.9. The third-order valence-corrected chi connectivity index (χ3v) is 2.63. The maximum Gasteiger partial charge on any atom is 0.0942 e. The van der Waals surface area contributed by atoms with Gasteiger partial charge >= 0.3 is 0 Å². The molecule has 0 bridgehead atoms. The highest BCUT2D eigenvalue weighted by Crippen LogP contribution is 2.15. The summed E-state index contributed by atoms with van der Waals surface area (Å²) in [4.78, 5) is 0. The van der Waals surface area contributed by atoms with Crippen molar-refractivity contribution in [3.8, 4) is 5.69 Å². The molecule has 0 spiro atoms. The van der Waals surface area contributed by atoms with Gasteiger partial charge in [0.15, 0.2) is 0 Å². The Morgan fingerprint density at radius 3 is 2.61 bits per heavy atom. The Balaban J connectivity index is 2.01. The van der Waals surface area contributed by atoms with Crippen LogP contribution in [0.3, 0.4) is 0 Å². The fourth-order valence-corrected chi connectivity index (χ4v) is 1.61. The second kappa shape index (κ2) is 5.86. The minimum absolute atomic E-state index is 0.253. The van der Waals surface area contributed by atoms with Gasteiger partial charge in [0.05, 0.1) is 29.6 Å². The van der Waals surface area contributed by atoms with E-state index in [1.165, 1.54) is 0 Å². The monoisotopic (exact) mass is 267 g/mol. The summed E-state index contributed by atoms with van der Waals surface area (Å²) in [5, 5.41) is 25.6. The summed E-state index contributed by atoms with van der Waals surface area (Å²) in [6.45, 7) is 0.0559. The second-order valence-corrected chi connectivity index (χ2v) is 4.30. The van der Waals surface area contributed by atoms with Gasteiger partial charge in [-0.25, -0.2) is 4.68 Å². The van der Waals surface area contributed by atoms with E-state index >= 15 is 0 Å². The van der Waals surface area contributed by atoms with Gasteiger partial charge in [0.1, 0.15) is 0 Å². The maximum atomic E-state index is 9.21. The molecule has 0 radical (unpaired) electrons. The fraction of sp³-hybridized carbons (Fsp3) is 0.250. The molecule has 1 heterocycles. The topological polar surface area (TPSA) is 70.3 Å². The number of aliphatic hydroxyl groups is 2. The van der Waals surface area contributed by atoms with Gasteiger partial charge in [0.2, 0.25) is 0 Å². The molecule has 0 saturated heterocycles. The molecule has 0 aliphatic heterocycles. The highest BCUT2D eigenvalue weighted by Gasteiger charge is 2.02. The van der Waals surface area contributed by atoms with E-state index in [1.807, 2.05) is 24.3 Å². The van der Waals surface area contributed by atoms with Crippen LogP contribution in [0.4, 0.5) is 5.69 Å². The van der Waals surface area contributed by atoms with Crippen molar-refractivity contribution in [2.75, 3.05) is 18.5 Å². The molecule has 96 valence electrons. The minimum Gasteiger partial charge on any atom is -0.394 e. The van der Waals surface area contributed by atoms with Gasteiger partial charge in [0, 0.05) is 18.4 Å². The number of rotatable bonds is 5. The Morgan fingerprint density at radius 1 is 1.33 bits per heavy atom. The van der Waals surface area contributed by atoms with Crippen molar-refractivity contribution in [3.05, 3.63) is 41.7 Å². The van der Waals surface area contributed by atoms with E-state index in [2.05, 4.69) is 10.4 Å². The van der Waals surface area contributed by atoms with Crippen LogP contribution >= 0.6 is 11.6 Å². The average molecular weight is 268 g/mol. The lowest BCUT2D eigenvalue weighted by Crippen LogP contribution is -2.22. The van der Waals surface area contributed by atoms with E-state index in [0.29, 0.717) is 11.6 Å². The van der Waals surface area contributed by atoms with Gasteiger partial charge in [-0.2, -0.15) is 5.10 Å². The first-order valence-corrected chi connectivity index (χ1v) is 5.90. The number of hydrogen-bond donors (Lipinski definition) is 3. The molecule has 5 nitrogen and oxygen atoms in total. The number of aliphatic hydroxyl groups excluding tert-OH is 2. The maximum absolute atomic E-state index is 9.21. The number of nitrogens with zero attached hydrogens (tertiary/aromatic N) is 2. The van der Waals surface area contributed by atoms with Crippen LogP contribution in [-0.4, -0.2) is 39.2 Å². The molecule has 0 fully saturated rings. The summed E-state index contributed by atoms with van der Waals surface area (Å²) >= 11 is 5.79. The minimum atomic E-state index is -0.755. The number of hydrogen-bond acceptors (Lipinski definition) is 4. The first-order chi connectivity index (χ1) is 8.69. The number of aromatic nitrogens is 2. The smallest absolute Gasteiger partial charge is 0.0942 e. The van der Waals surface area contributed by atoms with Crippen LogP contribution in [0, 0.1) is 0 Å². The van der Waals surface area contributed by atoms with Crippen LogP contribution < -0.4 is 5.32 Å². The van der Waals surface area contributed by atoms with E-state index in [9.17, 15) is 5.11 Å². The van der Waals surface area contributed by atoms with Gasteiger partial charge in [-0.3, -0.25) is 0 Å². The molecule has 2 rings (SSSR count). The van der Waals surface area contributed by atoms with Crippen molar-refractivity contribution in [1.82, 2.24) is 9.78 Å². The zero-order valence-corrected chi connectivity index (χ0v) is 10.4. The highest BCUT2D eigenvalue weighted by molar-refractivity contribution is 6.30. The molecule has 1 aromatic carbocycles.